The zero-order chi connectivity index (χ0) is 27.2. The first-order valence-electron chi connectivity index (χ1n) is 11.8. The molecule has 1 N–H and O–H groups in total. The van der Waals surface area contributed by atoms with Gasteiger partial charge in [0.05, 0.1) is 30.7 Å². The summed E-state index contributed by atoms with van der Waals surface area (Å²) in [7, 11) is 3.15. The molecular formula is C30H26BrN3O3S. The van der Waals surface area contributed by atoms with Crippen molar-refractivity contribution in [1.29, 1.82) is 5.26 Å². The van der Waals surface area contributed by atoms with E-state index in [1.165, 1.54) is 11.8 Å². The van der Waals surface area contributed by atoms with Crippen molar-refractivity contribution >= 4 is 39.3 Å². The van der Waals surface area contributed by atoms with Gasteiger partial charge in [-0.15, -0.1) is 0 Å². The quantitative estimate of drug-likeness (QED) is 0.215. The van der Waals surface area contributed by atoms with Gasteiger partial charge in [0.15, 0.2) is 11.5 Å². The van der Waals surface area contributed by atoms with Gasteiger partial charge >= 0.3 is 0 Å². The van der Waals surface area contributed by atoms with Crippen molar-refractivity contribution in [3.05, 3.63) is 88.4 Å². The fourth-order valence-electron chi connectivity index (χ4n) is 3.82. The predicted molar refractivity (Wildman–Crippen MR) is 156 cm³/mol. The Labute approximate surface area is 235 Å². The lowest BCUT2D eigenvalue weighted by molar-refractivity contribution is -0.115. The highest BCUT2D eigenvalue weighted by molar-refractivity contribution is 9.10. The van der Waals surface area contributed by atoms with Crippen LogP contribution in [0.2, 0.25) is 0 Å². The highest BCUT2D eigenvalue weighted by Crippen LogP contribution is 2.39. The summed E-state index contributed by atoms with van der Waals surface area (Å²) in [5, 5.41) is 13.1. The number of benzene rings is 3. The van der Waals surface area contributed by atoms with Crippen LogP contribution >= 0.6 is 27.7 Å². The van der Waals surface area contributed by atoms with E-state index >= 15 is 0 Å². The molecule has 6 nitrogen and oxygen atoms in total. The third-order valence-corrected chi connectivity index (χ3v) is 7.52. The number of nitrogens with one attached hydrogen (secondary N) is 1. The van der Waals surface area contributed by atoms with Crippen molar-refractivity contribution in [2.75, 3.05) is 19.5 Å². The average Bonchev–Trinajstić information content (AvgIpc) is 2.93. The van der Waals surface area contributed by atoms with Gasteiger partial charge in [0.2, 0.25) is 5.91 Å². The molecular weight excluding hydrogens is 562 g/mol. The zero-order valence-corrected chi connectivity index (χ0v) is 23.8. The molecule has 0 bridgehead atoms. The minimum absolute atomic E-state index is 0.184. The van der Waals surface area contributed by atoms with Crippen molar-refractivity contribution in [3.8, 4) is 40.0 Å². The number of carbonyl (C=O) groups excluding carboxylic acids is 1. The lowest BCUT2D eigenvalue weighted by Gasteiger charge is -2.17. The Kier molecular flexibility index (Phi) is 8.72. The first-order chi connectivity index (χ1) is 18.3. The van der Waals surface area contributed by atoms with Gasteiger partial charge in [-0.05, 0) is 61.9 Å². The predicted octanol–water partition coefficient (Wildman–Crippen LogP) is 7.49. The summed E-state index contributed by atoms with van der Waals surface area (Å²) in [6.45, 7) is 3.83. The van der Waals surface area contributed by atoms with Gasteiger partial charge in [-0.1, -0.05) is 63.6 Å². The van der Waals surface area contributed by atoms with Gasteiger partial charge in [0.1, 0.15) is 11.1 Å². The number of methoxy groups -OCH3 is 2. The van der Waals surface area contributed by atoms with Crippen LogP contribution in [-0.4, -0.2) is 30.4 Å². The van der Waals surface area contributed by atoms with E-state index in [1.807, 2.05) is 79.7 Å². The Morgan fingerprint density at radius 1 is 0.974 bits per heavy atom. The molecule has 1 unspecified atom stereocenters. The van der Waals surface area contributed by atoms with Crippen LogP contribution in [0, 0.1) is 18.3 Å². The average molecular weight is 589 g/mol. The van der Waals surface area contributed by atoms with E-state index in [2.05, 4.69) is 27.3 Å². The Bertz CT molecular complexity index is 1500. The molecule has 0 radical (unpaired) electrons. The van der Waals surface area contributed by atoms with Crippen molar-refractivity contribution in [1.82, 2.24) is 4.98 Å². The molecule has 1 atom stereocenters. The summed E-state index contributed by atoms with van der Waals surface area (Å²) in [4.78, 5) is 17.9. The second-order valence-corrected chi connectivity index (χ2v) is 10.8. The van der Waals surface area contributed by atoms with Gasteiger partial charge in [0, 0.05) is 21.3 Å². The normalized spacial score (nSPS) is 11.4. The Balaban J connectivity index is 1.77. The summed E-state index contributed by atoms with van der Waals surface area (Å²) in [5.74, 6) is 0.964. The van der Waals surface area contributed by atoms with E-state index in [0.29, 0.717) is 39.0 Å². The minimum Gasteiger partial charge on any atom is -0.493 e. The number of aromatic nitrogens is 1. The second-order valence-electron chi connectivity index (χ2n) is 8.54. The molecule has 4 aromatic rings. The molecule has 0 saturated carbocycles. The molecule has 4 rings (SSSR count). The van der Waals surface area contributed by atoms with Crippen LogP contribution in [0.4, 0.5) is 5.69 Å². The number of thioether (sulfide) groups is 1. The molecule has 0 aliphatic heterocycles. The van der Waals surface area contributed by atoms with E-state index in [9.17, 15) is 10.1 Å². The van der Waals surface area contributed by atoms with E-state index in [-0.39, 0.29) is 5.91 Å². The molecule has 1 aromatic heterocycles. The van der Waals surface area contributed by atoms with Crippen LogP contribution in [-0.2, 0) is 4.79 Å². The maximum atomic E-state index is 13.0. The summed E-state index contributed by atoms with van der Waals surface area (Å²) >= 11 is 4.66. The molecule has 1 heterocycles. The number of pyridine rings is 1. The first-order valence-corrected chi connectivity index (χ1v) is 13.5. The van der Waals surface area contributed by atoms with E-state index in [4.69, 9.17) is 14.5 Å². The monoisotopic (exact) mass is 587 g/mol. The third-order valence-electron chi connectivity index (χ3n) is 5.91. The number of hydrogen-bond donors (Lipinski definition) is 1. The Morgan fingerprint density at radius 2 is 1.63 bits per heavy atom. The van der Waals surface area contributed by atoms with Crippen LogP contribution in [0.5, 0.6) is 11.5 Å². The van der Waals surface area contributed by atoms with Crippen LogP contribution in [0.25, 0.3) is 22.4 Å². The number of halogens is 1. The number of hydrogen-bond acceptors (Lipinski definition) is 6. The van der Waals surface area contributed by atoms with Crippen molar-refractivity contribution in [3.63, 3.8) is 0 Å². The maximum absolute atomic E-state index is 13.0. The first kappa shape index (κ1) is 27.2. The van der Waals surface area contributed by atoms with Crippen LogP contribution in [0.1, 0.15) is 18.1 Å². The molecule has 0 fully saturated rings. The standard InChI is InChI=1S/C30H26BrN3O3S/c1-18-5-7-20(8-6-18)26-16-24(21-9-14-27(36-3)28(15-21)37-4)25(17-32)30(34-26)38-19(2)29(35)33-23-12-10-22(31)11-13-23/h5-16,19H,1-4H3,(H,33,35). The fraction of sp³-hybridized carbons (Fsp3) is 0.167. The lowest BCUT2D eigenvalue weighted by atomic mass is 9.98. The number of amides is 1. The fourth-order valence-corrected chi connectivity index (χ4v) is 5.01. The number of nitriles is 1. The topological polar surface area (TPSA) is 84.2 Å². The van der Waals surface area contributed by atoms with Crippen molar-refractivity contribution in [2.24, 2.45) is 0 Å². The highest BCUT2D eigenvalue weighted by atomic mass is 79.9. The third kappa shape index (κ3) is 6.18. The number of rotatable bonds is 8. The van der Waals surface area contributed by atoms with Gasteiger partial charge < -0.3 is 14.8 Å². The molecule has 1 amide bonds. The number of carbonyl (C=O) groups is 1. The molecule has 3 aromatic carbocycles. The summed E-state index contributed by atoms with van der Waals surface area (Å²) < 4.78 is 11.8. The van der Waals surface area contributed by atoms with Gasteiger partial charge in [0.25, 0.3) is 0 Å². The summed E-state index contributed by atoms with van der Waals surface area (Å²) in [5.41, 5.74) is 5.31. The van der Waals surface area contributed by atoms with E-state index in [0.717, 1.165) is 21.2 Å². The second kappa shape index (κ2) is 12.2. The molecule has 0 spiro atoms. The molecule has 0 saturated heterocycles. The number of anilines is 1. The zero-order valence-electron chi connectivity index (χ0n) is 21.4. The van der Waals surface area contributed by atoms with Crippen molar-refractivity contribution < 1.29 is 14.3 Å². The Morgan fingerprint density at radius 3 is 2.26 bits per heavy atom. The van der Waals surface area contributed by atoms with Crippen LogP contribution in [0.15, 0.2) is 82.3 Å². The van der Waals surface area contributed by atoms with Gasteiger partial charge in [-0.2, -0.15) is 5.26 Å². The largest absolute Gasteiger partial charge is 0.493 e. The Hall–Kier alpha value is -3.80. The molecule has 38 heavy (non-hydrogen) atoms. The van der Waals surface area contributed by atoms with Gasteiger partial charge in [-0.3, -0.25) is 4.79 Å². The van der Waals surface area contributed by atoms with Crippen LogP contribution < -0.4 is 14.8 Å². The minimum atomic E-state index is -0.509. The lowest BCUT2D eigenvalue weighted by Crippen LogP contribution is -2.22. The SMILES string of the molecule is COc1ccc(-c2cc(-c3ccc(C)cc3)nc(SC(C)C(=O)Nc3ccc(Br)cc3)c2C#N)cc1OC. The van der Waals surface area contributed by atoms with E-state index < -0.39 is 5.25 Å². The van der Waals surface area contributed by atoms with Crippen LogP contribution in [0.3, 0.4) is 0 Å². The summed E-state index contributed by atoms with van der Waals surface area (Å²) in [6.07, 6.45) is 0. The molecule has 0 aliphatic carbocycles. The maximum Gasteiger partial charge on any atom is 0.237 e. The van der Waals surface area contributed by atoms with E-state index in [1.54, 1.807) is 21.1 Å². The number of nitrogens with zero attached hydrogens (tertiary/aromatic N) is 2. The summed E-state index contributed by atoms with van der Waals surface area (Å²) in [6, 6.07) is 25.2. The smallest absolute Gasteiger partial charge is 0.237 e. The van der Waals surface area contributed by atoms with Gasteiger partial charge in [-0.25, -0.2) is 4.98 Å². The van der Waals surface area contributed by atoms with Crippen molar-refractivity contribution in [2.45, 2.75) is 24.1 Å². The highest BCUT2D eigenvalue weighted by Gasteiger charge is 2.22. The number of ether oxygens (including phenoxy) is 2. The molecule has 192 valence electrons. The number of aryl methyl sites for hydroxylation is 1. The molecule has 0 aliphatic rings. The molecule has 8 heteroatoms.